The van der Waals surface area contributed by atoms with Crippen molar-refractivity contribution in [3.05, 3.63) is 69.2 Å². The van der Waals surface area contributed by atoms with Crippen LogP contribution >= 0.6 is 15.9 Å². The van der Waals surface area contributed by atoms with Gasteiger partial charge in [0.05, 0.1) is 22.6 Å². The van der Waals surface area contributed by atoms with Crippen molar-refractivity contribution in [3.8, 4) is 5.69 Å². The Labute approximate surface area is 204 Å². The van der Waals surface area contributed by atoms with Crippen LogP contribution in [0.2, 0.25) is 0 Å². The number of benzene rings is 2. The van der Waals surface area contributed by atoms with E-state index in [9.17, 15) is 9.59 Å². The second-order valence-corrected chi connectivity index (χ2v) is 9.92. The van der Waals surface area contributed by atoms with Crippen LogP contribution in [0.15, 0.2) is 57.8 Å². The Kier molecular flexibility index (Phi) is 7.63. The summed E-state index contributed by atoms with van der Waals surface area (Å²) in [5.74, 6) is 0.922. The molecule has 1 saturated carbocycles. The molecule has 2 aromatic carbocycles. The molecule has 33 heavy (non-hydrogen) atoms. The highest BCUT2D eigenvalue weighted by Gasteiger charge is 2.33. The van der Waals surface area contributed by atoms with Crippen LogP contribution in [0.3, 0.4) is 0 Å². The van der Waals surface area contributed by atoms with E-state index in [4.69, 9.17) is 4.98 Å². The first-order chi connectivity index (χ1) is 16.0. The largest absolute Gasteiger partial charge is 0.333 e. The molecule has 1 fully saturated rings. The third-order valence-corrected chi connectivity index (χ3v) is 7.25. The van der Waals surface area contributed by atoms with Crippen molar-refractivity contribution >= 4 is 32.7 Å². The Morgan fingerprint density at radius 3 is 2.52 bits per heavy atom. The first kappa shape index (κ1) is 23.7. The minimum Gasteiger partial charge on any atom is -0.333 e. The molecule has 1 amide bonds. The SMILES string of the molecule is CCCCCCN(C(=O)C1CCC1)C(C)c1nc2ccccc2c(=O)n1-c1ccc(Br)cc1. The highest BCUT2D eigenvalue weighted by atomic mass is 79.9. The van der Waals surface area contributed by atoms with Crippen molar-refractivity contribution in [2.45, 2.75) is 64.8 Å². The molecule has 1 heterocycles. The molecule has 4 rings (SSSR count). The quantitative estimate of drug-likeness (QED) is 0.312. The molecule has 3 aromatic rings. The van der Waals surface area contributed by atoms with Gasteiger partial charge in [0.25, 0.3) is 5.56 Å². The smallest absolute Gasteiger partial charge is 0.266 e. The molecule has 1 unspecified atom stereocenters. The molecule has 174 valence electrons. The Balaban J connectivity index is 1.80. The zero-order valence-electron chi connectivity index (χ0n) is 19.5. The van der Waals surface area contributed by atoms with Crippen molar-refractivity contribution in [2.75, 3.05) is 6.54 Å². The number of unbranched alkanes of at least 4 members (excludes halogenated alkanes) is 3. The number of halogens is 1. The van der Waals surface area contributed by atoms with Crippen LogP contribution < -0.4 is 5.56 Å². The normalized spacial score (nSPS) is 14.8. The molecule has 1 aliphatic carbocycles. The van der Waals surface area contributed by atoms with Gasteiger partial charge in [0.15, 0.2) is 0 Å². The summed E-state index contributed by atoms with van der Waals surface area (Å²) in [4.78, 5) is 34.0. The summed E-state index contributed by atoms with van der Waals surface area (Å²) in [6.07, 6.45) is 7.42. The van der Waals surface area contributed by atoms with Crippen LogP contribution in [0.25, 0.3) is 16.6 Å². The number of para-hydroxylation sites is 1. The van der Waals surface area contributed by atoms with Crippen molar-refractivity contribution in [3.63, 3.8) is 0 Å². The van der Waals surface area contributed by atoms with Crippen LogP contribution in [0, 0.1) is 5.92 Å². The summed E-state index contributed by atoms with van der Waals surface area (Å²) in [5.41, 5.74) is 1.32. The van der Waals surface area contributed by atoms with E-state index >= 15 is 0 Å². The Bertz CT molecular complexity index is 1170. The molecule has 0 bridgehead atoms. The summed E-state index contributed by atoms with van der Waals surface area (Å²) in [5, 5.41) is 0.580. The standard InChI is InChI=1S/C27H32BrN3O2/c1-3-4-5-8-18-30(26(32)20-10-9-11-20)19(2)25-29-24-13-7-6-12-23(24)27(33)31(25)22-16-14-21(28)15-17-22/h6-7,12-17,19-20H,3-5,8-11,18H2,1-2H3. The monoisotopic (exact) mass is 509 g/mol. The molecule has 6 heteroatoms. The molecule has 1 aromatic heterocycles. The van der Waals surface area contributed by atoms with E-state index in [0.29, 0.717) is 23.3 Å². The number of hydrogen-bond acceptors (Lipinski definition) is 3. The van der Waals surface area contributed by atoms with Gasteiger partial charge in [0.1, 0.15) is 5.82 Å². The van der Waals surface area contributed by atoms with E-state index in [-0.39, 0.29) is 23.4 Å². The van der Waals surface area contributed by atoms with Crippen LogP contribution in [-0.4, -0.2) is 26.9 Å². The maximum Gasteiger partial charge on any atom is 0.266 e. The van der Waals surface area contributed by atoms with Gasteiger partial charge in [0.2, 0.25) is 5.91 Å². The fourth-order valence-corrected chi connectivity index (χ4v) is 4.77. The molecule has 5 nitrogen and oxygen atoms in total. The third-order valence-electron chi connectivity index (χ3n) is 6.72. The molecule has 0 N–H and O–H groups in total. The molecule has 0 aliphatic heterocycles. The van der Waals surface area contributed by atoms with E-state index in [1.165, 1.54) is 0 Å². The van der Waals surface area contributed by atoms with Gasteiger partial charge in [-0.15, -0.1) is 0 Å². The van der Waals surface area contributed by atoms with Gasteiger partial charge in [-0.3, -0.25) is 14.2 Å². The minimum atomic E-state index is -0.305. The number of aromatic nitrogens is 2. The summed E-state index contributed by atoms with van der Waals surface area (Å²) in [7, 11) is 0. The topological polar surface area (TPSA) is 55.2 Å². The van der Waals surface area contributed by atoms with Gasteiger partial charge in [-0.05, 0) is 62.6 Å². The van der Waals surface area contributed by atoms with Gasteiger partial charge in [-0.2, -0.15) is 0 Å². The van der Waals surface area contributed by atoms with Crippen molar-refractivity contribution in [1.82, 2.24) is 14.5 Å². The first-order valence-corrected chi connectivity index (χ1v) is 12.9. The van der Waals surface area contributed by atoms with Crippen LogP contribution in [0.1, 0.15) is 70.7 Å². The van der Waals surface area contributed by atoms with Crippen LogP contribution in [0.4, 0.5) is 0 Å². The number of amides is 1. The van der Waals surface area contributed by atoms with Gasteiger partial charge in [-0.1, -0.05) is 60.7 Å². The lowest BCUT2D eigenvalue weighted by atomic mass is 9.84. The second kappa shape index (κ2) is 10.6. The molecular formula is C27H32BrN3O2. The predicted molar refractivity (Wildman–Crippen MR) is 137 cm³/mol. The van der Waals surface area contributed by atoms with Gasteiger partial charge < -0.3 is 4.90 Å². The fourth-order valence-electron chi connectivity index (χ4n) is 4.50. The number of rotatable bonds is 9. The second-order valence-electron chi connectivity index (χ2n) is 9.00. The summed E-state index contributed by atoms with van der Waals surface area (Å²) >= 11 is 3.48. The number of hydrogen-bond donors (Lipinski definition) is 0. The molecular weight excluding hydrogens is 478 g/mol. The van der Waals surface area contributed by atoms with Gasteiger partial charge in [-0.25, -0.2) is 4.98 Å². The van der Waals surface area contributed by atoms with Gasteiger partial charge in [0, 0.05) is 16.9 Å². The lowest BCUT2D eigenvalue weighted by Gasteiger charge is -2.36. The number of carbonyl (C=O) groups is 1. The maximum atomic E-state index is 13.6. The minimum absolute atomic E-state index is 0.104. The molecule has 0 spiro atoms. The van der Waals surface area contributed by atoms with Gasteiger partial charge >= 0.3 is 0 Å². The van der Waals surface area contributed by atoms with E-state index < -0.39 is 0 Å². The lowest BCUT2D eigenvalue weighted by Crippen LogP contribution is -2.42. The summed E-state index contributed by atoms with van der Waals surface area (Å²) in [6.45, 7) is 4.90. The molecule has 1 aliphatic rings. The number of carbonyl (C=O) groups excluding carboxylic acids is 1. The molecule has 0 radical (unpaired) electrons. The number of fused-ring (bicyclic) bond motifs is 1. The highest BCUT2D eigenvalue weighted by Crippen LogP contribution is 2.32. The van der Waals surface area contributed by atoms with Crippen LogP contribution in [0.5, 0.6) is 0 Å². The first-order valence-electron chi connectivity index (χ1n) is 12.1. The predicted octanol–water partition coefficient (Wildman–Crippen LogP) is 6.42. The average Bonchev–Trinajstić information content (AvgIpc) is 2.78. The Morgan fingerprint density at radius 2 is 1.85 bits per heavy atom. The van der Waals surface area contributed by atoms with Crippen molar-refractivity contribution in [1.29, 1.82) is 0 Å². The zero-order chi connectivity index (χ0) is 23.4. The molecule has 1 atom stereocenters. The maximum absolute atomic E-state index is 13.6. The van der Waals surface area contributed by atoms with E-state index in [1.54, 1.807) is 4.57 Å². The summed E-state index contributed by atoms with van der Waals surface area (Å²) < 4.78 is 2.63. The molecule has 0 saturated heterocycles. The summed E-state index contributed by atoms with van der Waals surface area (Å²) in [6, 6.07) is 14.8. The third kappa shape index (κ3) is 5.06. The van der Waals surface area contributed by atoms with Crippen molar-refractivity contribution < 1.29 is 4.79 Å². The fraction of sp³-hybridized carbons (Fsp3) is 0.444. The Morgan fingerprint density at radius 1 is 1.12 bits per heavy atom. The zero-order valence-corrected chi connectivity index (χ0v) is 21.1. The highest BCUT2D eigenvalue weighted by molar-refractivity contribution is 9.10. The number of nitrogens with zero attached hydrogens (tertiary/aromatic N) is 3. The van der Waals surface area contributed by atoms with Crippen molar-refractivity contribution in [2.24, 2.45) is 5.92 Å². The lowest BCUT2D eigenvalue weighted by molar-refractivity contribution is -0.140. The Hall–Kier alpha value is -2.47. The van der Waals surface area contributed by atoms with E-state index in [2.05, 4.69) is 22.9 Å². The van der Waals surface area contributed by atoms with E-state index in [1.807, 2.05) is 60.4 Å². The van der Waals surface area contributed by atoms with Crippen LogP contribution in [-0.2, 0) is 4.79 Å². The van der Waals surface area contributed by atoms with E-state index in [0.717, 1.165) is 55.1 Å². The average molecular weight is 510 g/mol.